The fourth-order valence-corrected chi connectivity index (χ4v) is 7.00. The summed E-state index contributed by atoms with van der Waals surface area (Å²) in [5.41, 5.74) is 2.35. The number of carboxylic acids is 1. The number of ether oxygens (including phenoxy) is 1. The second-order valence-corrected chi connectivity index (χ2v) is 14.0. The van der Waals surface area contributed by atoms with Crippen molar-refractivity contribution in [2.75, 3.05) is 57.6 Å². The molecule has 0 amide bonds. The smallest absolute Gasteiger partial charge is 0.355 e. The lowest BCUT2D eigenvalue weighted by Gasteiger charge is -2.21. The molecule has 14 heteroatoms. The number of rotatable bonds is 17. The summed E-state index contributed by atoms with van der Waals surface area (Å²) in [7, 11) is 5.77. The van der Waals surface area contributed by atoms with Gasteiger partial charge in [-0.15, -0.1) is 21.5 Å². The zero-order valence-electron chi connectivity index (χ0n) is 28.6. The molecule has 3 aromatic heterocycles. The number of carbonyl (C=O) groups is 1. The Bertz CT molecular complexity index is 1940. The number of anilines is 4. The van der Waals surface area contributed by atoms with Gasteiger partial charge in [0.1, 0.15) is 0 Å². The van der Waals surface area contributed by atoms with E-state index in [4.69, 9.17) is 4.74 Å². The van der Waals surface area contributed by atoms with Crippen LogP contribution in [0.15, 0.2) is 48.5 Å². The van der Waals surface area contributed by atoms with Gasteiger partial charge >= 0.3 is 5.97 Å². The fourth-order valence-electron chi connectivity index (χ4n) is 5.01. The molecule has 3 N–H and O–H groups in total. The number of halogens is 1. The van der Waals surface area contributed by atoms with Gasteiger partial charge in [-0.3, -0.25) is 4.90 Å². The molecule has 5 aromatic rings. The molecule has 11 nitrogen and oxygen atoms in total. The van der Waals surface area contributed by atoms with Crippen molar-refractivity contribution in [3.63, 3.8) is 0 Å². The normalized spacial score (nSPS) is 11.1. The third kappa shape index (κ3) is 9.95. The molecule has 262 valence electrons. The number of nitrogens with one attached hydrogen (secondary N) is 2. The summed E-state index contributed by atoms with van der Waals surface area (Å²) in [6.45, 7) is 4.24. The van der Waals surface area contributed by atoms with Crippen LogP contribution in [-0.4, -0.2) is 83.5 Å². The summed E-state index contributed by atoms with van der Waals surface area (Å²) in [4.78, 5) is 26.0. The van der Waals surface area contributed by atoms with Gasteiger partial charge in [0, 0.05) is 17.0 Å². The molecule has 0 saturated heterocycles. The number of aryl methyl sites for hydroxylation is 2. The summed E-state index contributed by atoms with van der Waals surface area (Å²) >= 11 is 2.86. The number of aromatic nitrogens is 4. The van der Waals surface area contributed by atoms with Gasteiger partial charge in [-0.1, -0.05) is 41.7 Å². The molecule has 0 aliphatic rings. The molecular weight excluding hydrogens is 676 g/mol. The molecule has 50 heavy (non-hydrogen) atoms. The first-order valence-electron chi connectivity index (χ1n) is 16.4. The molecule has 3 heterocycles. The first kappa shape index (κ1) is 36.6. The lowest BCUT2D eigenvalue weighted by atomic mass is 10.2. The van der Waals surface area contributed by atoms with E-state index in [1.807, 2.05) is 68.2 Å². The number of hydrogen-bond donors (Lipinski definition) is 3. The highest BCUT2D eigenvalue weighted by atomic mass is 32.1. The summed E-state index contributed by atoms with van der Waals surface area (Å²) in [5.74, 6) is 5.64. The zero-order chi connectivity index (χ0) is 35.5. The third-order valence-electron chi connectivity index (χ3n) is 7.56. The van der Waals surface area contributed by atoms with E-state index >= 15 is 0 Å². The number of benzene rings is 2. The monoisotopic (exact) mass is 716 g/mol. The van der Waals surface area contributed by atoms with Crippen LogP contribution in [0.5, 0.6) is 5.75 Å². The van der Waals surface area contributed by atoms with E-state index in [2.05, 4.69) is 42.6 Å². The molecule has 0 spiro atoms. The van der Waals surface area contributed by atoms with E-state index in [1.165, 1.54) is 17.4 Å². The molecule has 0 atom stereocenters. The molecule has 5 rings (SSSR count). The molecule has 0 aliphatic heterocycles. The van der Waals surface area contributed by atoms with Crippen LogP contribution in [0.3, 0.4) is 0 Å². The van der Waals surface area contributed by atoms with Crippen molar-refractivity contribution in [1.82, 2.24) is 30.4 Å². The first-order valence-corrected chi connectivity index (χ1v) is 18.0. The van der Waals surface area contributed by atoms with Crippen LogP contribution in [0.1, 0.15) is 52.2 Å². The maximum absolute atomic E-state index is 14.7. The lowest BCUT2D eigenvalue weighted by molar-refractivity contribution is 0.0690. The number of aromatic carboxylic acids is 1. The Morgan fingerprint density at radius 3 is 2.62 bits per heavy atom. The average molecular weight is 717 g/mol. The Kier molecular flexibility index (Phi) is 13.0. The standard InChI is InChI=1S/C36H41FN8O3S2/c1-24-22-31(42-43-33(24)41-35-39-27-13-6-7-14-29(27)49-35)45(20-9-5-8-18-38-2)36-40-32(34(46)47)30(50-36)15-11-21-48-28-17-16-25(23-26(28)37)12-10-19-44(3)4/h6-7,13-14,16-17,22-23,38H,5,8-9,11,15,18-21H2,1-4H3,(H,46,47)(H,39,41,43). The van der Waals surface area contributed by atoms with Crippen LogP contribution < -0.4 is 20.3 Å². The van der Waals surface area contributed by atoms with E-state index in [1.54, 1.807) is 23.5 Å². The fraction of sp³-hybridized carbons (Fsp3) is 0.361. The zero-order valence-corrected chi connectivity index (χ0v) is 30.3. The van der Waals surface area contributed by atoms with E-state index in [0.717, 1.165) is 46.7 Å². The van der Waals surface area contributed by atoms with Gasteiger partial charge in [0.2, 0.25) is 0 Å². The number of unbranched alkanes of at least 4 members (excludes halogenated alkanes) is 2. The first-order chi connectivity index (χ1) is 24.2. The third-order valence-corrected chi connectivity index (χ3v) is 9.65. The molecule has 0 saturated carbocycles. The summed E-state index contributed by atoms with van der Waals surface area (Å²) in [6, 6.07) is 14.5. The maximum atomic E-state index is 14.7. The van der Waals surface area contributed by atoms with E-state index < -0.39 is 11.8 Å². The van der Waals surface area contributed by atoms with Crippen LogP contribution in [0, 0.1) is 24.6 Å². The molecule has 0 fully saturated rings. The topological polar surface area (TPSA) is 129 Å². The van der Waals surface area contributed by atoms with Crippen molar-refractivity contribution < 1.29 is 19.0 Å². The number of para-hydroxylation sites is 1. The van der Waals surface area contributed by atoms with Crippen molar-refractivity contribution in [2.24, 2.45) is 0 Å². The van der Waals surface area contributed by atoms with E-state index in [-0.39, 0.29) is 18.1 Å². The number of hydrogen-bond acceptors (Lipinski definition) is 12. The highest BCUT2D eigenvalue weighted by Crippen LogP contribution is 2.34. The SMILES string of the molecule is CNCCCCCN(c1cc(C)c(Nc2nc3ccccc3s2)nn1)c1nc(C(=O)O)c(CCCOc2ccc(C#CCN(C)C)cc2F)s1. The van der Waals surface area contributed by atoms with Gasteiger partial charge in [0.15, 0.2) is 39.2 Å². The summed E-state index contributed by atoms with van der Waals surface area (Å²) < 4.78 is 21.5. The summed E-state index contributed by atoms with van der Waals surface area (Å²) in [5, 5.41) is 26.8. The minimum atomic E-state index is -1.10. The van der Waals surface area contributed by atoms with Crippen molar-refractivity contribution in [2.45, 2.75) is 39.0 Å². The molecular formula is C36H41FN8O3S2. The number of carboxylic acid groups (broad SMARTS) is 1. The van der Waals surface area contributed by atoms with E-state index in [9.17, 15) is 14.3 Å². The largest absolute Gasteiger partial charge is 0.491 e. The molecule has 0 radical (unpaired) electrons. The van der Waals surface area contributed by atoms with Crippen molar-refractivity contribution in [3.05, 3.63) is 76.0 Å². The van der Waals surface area contributed by atoms with Crippen LogP contribution in [-0.2, 0) is 6.42 Å². The van der Waals surface area contributed by atoms with Crippen molar-refractivity contribution in [1.29, 1.82) is 0 Å². The second-order valence-electron chi connectivity index (χ2n) is 11.9. The number of nitrogens with zero attached hydrogens (tertiary/aromatic N) is 6. The van der Waals surface area contributed by atoms with E-state index in [0.29, 0.717) is 53.1 Å². The Hall–Kier alpha value is -4.68. The molecule has 0 bridgehead atoms. The van der Waals surface area contributed by atoms with Gasteiger partial charge < -0.3 is 25.4 Å². The van der Waals surface area contributed by atoms with Crippen LogP contribution in [0.2, 0.25) is 0 Å². The van der Waals surface area contributed by atoms with Crippen LogP contribution >= 0.6 is 22.7 Å². The van der Waals surface area contributed by atoms with Gasteiger partial charge in [-0.25, -0.2) is 19.2 Å². The Balaban J connectivity index is 1.29. The molecule has 0 aliphatic carbocycles. The predicted octanol–water partition coefficient (Wildman–Crippen LogP) is 6.88. The van der Waals surface area contributed by atoms with Crippen LogP contribution in [0.4, 0.5) is 26.3 Å². The van der Waals surface area contributed by atoms with Gasteiger partial charge in [-0.05, 0) is 102 Å². The second kappa shape index (κ2) is 17.8. The molecule has 2 aromatic carbocycles. The lowest BCUT2D eigenvalue weighted by Crippen LogP contribution is -2.21. The van der Waals surface area contributed by atoms with Gasteiger partial charge in [-0.2, -0.15) is 0 Å². The van der Waals surface area contributed by atoms with Crippen LogP contribution in [0.25, 0.3) is 10.2 Å². The van der Waals surface area contributed by atoms with Gasteiger partial charge in [0.05, 0.1) is 23.4 Å². The minimum Gasteiger partial charge on any atom is -0.491 e. The average Bonchev–Trinajstić information content (AvgIpc) is 3.70. The predicted molar refractivity (Wildman–Crippen MR) is 199 cm³/mol. The minimum absolute atomic E-state index is 0.00387. The highest BCUT2D eigenvalue weighted by Gasteiger charge is 2.23. The Morgan fingerprint density at radius 2 is 1.88 bits per heavy atom. The quantitative estimate of drug-likeness (QED) is 0.0688. The van der Waals surface area contributed by atoms with Crippen molar-refractivity contribution >= 4 is 60.8 Å². The van der Waals surface area contributed by atoms with Gasteiger partial charge in [0.25, 0.3) is 0 Å². The number of fused-ring (bicyclic) bond motifs is 1. The highest BCUT2D eigenvalue weighted by molar-refractivity contribution is 7.22. The molecule has 0 unspecified atom stereocenters. The summed E-state index contributed by atoms with van der Waals surface area (Å²) in [6.07, 6.45) is 3.71. The van der Waals surface area contributed by atoms with Crippen molar-refractivity contribution in [3.8, 4) is 17.6 Å². The maximum Gasteiger partial charge on any atom is 0.355 e. The Labute approximate surface area is 299 Å². The number of thiazole rings is 2. The Morgan fingerprint density at radius 1 is 1.04 bits per heavy atom.